The first-order valence-electron chi connectivity index (χ1n) is 9.21. The van der Waals surface area contributed by atoms with Crippen LogP contribution in [-0.4, -0.2) is 41.9 Å². The van der Waals surface area contributed by atoms with Gasteiger partial charge in [-0.2, -0.15) is 0 Å². The highest BCUT2D eigenvalue weighted by Crippen LogP contribution is 2.31. The van der Waals surface area contributed by atoms with Crippen LogP contribution in [-0.2, 0) is 4.79 Å². The third-order valence-corrected chi connectivity index (χ3v) is 5.30. The number of aryl methyl sites for hydroxylation is 1. The largest absolute Gasteiger partial charge is 0.465 e. The second-order valence-electron chi connectivity index (χ2n) is 7.37. The number of rotatable bonds is 3. The van der Waals surface area contributed by atoms with E-state index in [1.165, 1.54) is 25.7 Å². The second kappa shape index (κ2) is 7.52. The van der Waals surface area contributed by atoms with Gasteiger partial charge in [-0.05, 0) is 57.2 Å². The predicted molar refractivity (Wildman–Crippen MR) is 91.2 cm³/mol. The molecule has 4 nitrogen and oxygen atoms in total. The lowest BCUT2D eigenvalue weighted by atomic mass is 10.0. The van der Waals surface area contributed by atoms with E-state index in [9.17, 15) is 4.79 Å². The lowest BCUT2D eigenvalue weighted by molar-refractivity contribution is -0.134. The lowest BCUT2D eigenvalue weighted by Crippen LogP contribution is -2.45. The van der Waals surface area contributed by atoms with Gasteiger partial charge >= 0.3 is 0 Å². The van der Waals surface area contributed by atoms with Crippen LogP contribution in [0.5, 0.6) is 0 Å². The van der Waals surface area contributed by atoms with Crippen molar-refractivity contribution in [3.63, 3.8) is 0 Å². The summed E-state index contributed by atoms with van der Waals surface area (Å²) in [5.41, 5.74) is 0. The molecule has 2 aliphatic rings. The van der Waals surface area contributed by atoms with E-state index in [2.05, 4.69) is 22.8 Å². The number of piperidine rings is 1. The Kier molecular flexibility index (Phi) is 5.42. The molecule has 1 aromatic rings. The summed E-state index contributed by atoms with van der Waals surface area (Å²) in [5.74, 6) is 2.93. The monoisotopic (exact) mass is 318 g/mol. The molecule has 0 spiro atoms. The highest BCUT2D eigenvalue weighted by atomic mass is 16.3. The molecule has 0 N–H and O–H groups in total. The zero-order chi connectivity index (χ0) is 16.2. The minimum atomic E-state index is 0.261. The van der Waals surface area contributed by atoms with Crippen molar-refractivity contribution in [2.24, 2.45) is 5.92 Å². The van der Waals surface area contributed by atoms with Crippen molar-refractivity contribution in [1.29, 1.82) is 0 Å². The standard InChI is InChI=1S/C19H30N2O2/c1-15-7-6-12-21(13-15)19(22)14-20-11-5-3-4-8-17(20)18-10-9-16(2)23-18/h9-10,15,17H,3-8,11-14H2,1-2H3/t15-,17+/m0/s1. The normalized spacial score (nSPS) is 27.0. The van der Waals surface area contributed by atoms with Crippen LogP contribution in [0.15, 0.2) is 16.5 Å². The molecule has 1 amide bonds. The molecular formula is C19H30N2O2. The van der Waals surface area contributed by atoms with Gasteiger partial charge in [0.25, 0.3) is 0 Å². The van der Waals surface area contributed by atoms with Gasteiger partial charge in [0.2, 0.25) is 5.91 Å². The van der Waals surface area contributed by atoms with Gasteiger partial charge in [0.05, 0.1) is 12.6 Å². The highest BCUT2D eigenvalue weighted by Gasteiger charge is 2.29. The van der Waals surface area contributed by atoms with Crippen molar-refractivity contribution in [1.82, 2.24) is 9.80 Å². The SMILES string of the molecule is Cc1ccc([C@H]2CCCCCN2CC(=O)N2CCC[C@H](C)C2)o1. The van der Waals surface area contributed by atoms with Gasteiger partial charge in [-0.15, -0.1) is 0 Å². The number of hydrogen-bond acceptors (Lipinski definition) is 3. The van der Waals surface area contributed by atoms with Crippen LogP contribution in [0.4, 0.5) is 0 Å². The molecule has 4 heteroatoms. The van der Waals surface area contributed by atoms with Crippen molar-refractivity contribution in [3.8, 4) is 0 Å². The Morgan fingerprint density at radius 3 is 2.78 bits per heavy atom. The molecule has 128 valence electrons. The van der Waals surface area contributed by atoms with Crippen molar-refractivity contribution < 1.29 is 9.21 Å². The minimum absolute atomic E-state index is 0.261. The minimum Gasteiger partial charge on any atom is -0.465 e. The second-order valence-corrected chi connectivity index (χ2v) is 7.37. The Morgan fingerprint density at radius 1 is 1.17 bits per heavy atom. The average molecular weight is 318 g/mol. The number of nitrogens with zero attached hydrogens (tertiary/aromatic N) is 2. The fraction of sp³-hybridized carbons (Fsp3) is 0.737. The molecule has 1 aromatic heterocycles. The van der Waals surface area contributed by atoms with Gasteiger partial charge in [-0.3, -0.25) is 9.69 Å². The van der Waals surface area contributed by atoms with Crippen LogP contribution in [0.2, 0.25) is 0 Å². The first-order chi connectivity index (χ1) is 11.1. The smallest absolute Gasteiger partial charge is 0.236 e. The molecule has 2 fully saturated rings. The molecule has 2 atom stereocenters. The van der Waals surface area contributed by atoms with Gasteiger partial charge in [-0.25, -0.2) is 0 Å². The predicted octanol–water partition coefficient (Wildman–Crippen LogP) is 3.76. The van der Waals surface area contributed by atoms with Gasteiger partial charge in [0.1, 0.15) is 11.5 Å². The third-order valence-electron chi connectivity index (χ3n) is 5.30. The van der Waals surface area contributed by atoms with Gasteiger partial charge in [0.15, 0.2) is 0 Å². The number of hydrogen-bond donors (Lipinski definition) is 0. The summed E-state index contributed by atoms with van der Waals surface area (Å²) >= 11 is 0. The van der Waals surface area contributed by atoms with Crippen LogP contribution in [0.25, 0.3) is 0 Å². The topological polar surface area (TPSA) is 36.7 Å². The zero-order valence-corrected chi connectivity index (χ0v) is 14.6. The summed E-state index contributed by atoms with van der Waals surface area (Å²) in [7, 11) is 0. The van der Waals surface area contributed by atoms with E-state index < -0.39 is 0 Å². The van der Waals surface area contributed by atoms with Crippen molar-refractivity contribution in [2.75, 3.05) is 26.2 Å². The number of carbonyl (C=O) groups is 1. The Morgan fingerprint density at radius 2 is 2.04 bits per heavy atom. The molecule has 0 aliphatic carbocycles. The fourth-order valence-corrected chi connectivity index (χ4v) is 4.00. The highest BCUT2D eigenvalue weighted by molar-refractivity contribution is 5.78. The van der Waals surface area contributed by atoms with E-state index >= 15 is 0 Å². The van der Waals surface area contributed by atoms with Crippen LogP contribution in [0, 0.1) is 12.8 Å². The van der Waals surface area contributed by atoms with Crippen LogP contribution in [0.3, 0.4) is 0 Å². The molecule has 0 unspecified atom stereocenters. The molecule has 2 saturated heterocycles. The Hall–Kier alpha value is -1.29. The molecule has 3 heterocycles. The summed E-state index contributed by atoms with van der Waals surface area (Å²) in [6.07, 6.45) is 7.14. The molecule has 0 radical (unpaired) electrons. The van der Waals surface area contributed by atoms with Crippen LogP contribution >= 0.6 is 0 Å². The summed E-state index contributed by atoms with van der Waals surface area (Å²) < 4.78 is 5.89. The Labute approximate surface area is 139 Å². The molecular weight excluding hydrogens is 288 g/mol. The Bertz CT molecular complexity index is 525. The average Bonchev–Trinajstić information content (AvgIpc) is 2.82. The zero-order valence-electron chi connectivity index (χ0n) is 14.6. The summed E-state index contributed by atoms with van der Waals surface area (Å²) in [4.78, 5) is 17.2. The number of amides is 1. The maximum atomic E-state index is 12.8. The van der Waals surface area contributed by atoms with Gasteiger partial charge in [0, 0.05) is 13.1 Å². The molecule has 3 rings (SSSR count). The van der Waals surface area contributed by atoms with E-state index in [0.717, 1.165) is 44.0 Å². The lowest BCUT2D eigenvalue weighted by Gasteiger charge is -2.34. The Balaban J connectivity index is 1.68. The summed E-state index contributed by atoms with van der Waals surface area (Å²) in [6, 6.07) is 4.38. The first-order valence-corrected chi connectivity index (χ1v) is 9.21. The molecule has 0 bridgehead atoms. The third kappa shape index (κ3) is 4.17. The molecule has 2 aliphatic heterocycles. The molecule has 0 aromatic carbocycles. The van der Waals surface area contributed by atoms with E-state index in [4.69, 9.17) is 4.42 Å². The van der Waals surface area contributed by atoms with E-state index in [-0.39, 0.29) is 6.04 Å². The fourth-order valence-electron chi connectivity index (χ4n) is 4.00. The van der Waals surface area contributed by atoms with Gasteiger partial charge in [-0.1, -0.05) is 19.8 Å². The van der Waals surface area contributed by atoms with Crippen LogP contribution < -0.4 is 0 Å². The maximum Gasteiger partial charge on any atom is 0.236 e. The quantitative estimate of drug-likeness (QED) is 0.851. The van der Waals surface area contributed by atoms with E-state index in [1.807, 2.05) is 13.0 Å². The van der Waals surface area contributed by atoms with Crippen molar-refractivity contribution in [2.45, 2.75) is 58.4 Å². The van der Waals surface area contributed by atoms with Gasteiger partial charge < -0.3 is 9.32 Å². The molecule has 0 saturated carbocycles. The van der Waals surface area contributed by atoms with Crippen molar-refractivity contribution in [3.05, 3.63) is 23.7 Å². The van der Waals surface area contributed by atoms with E-state index in [0.29, 0.717) is 18.4 Å². The maximum absolute atomic E-state index is 12.8. The number of likely N-dealkylation sites (tertiary alicyclic amines) is 2. The van der Waals surface area contributed by atoms with E-state index in [1.54, 1.807) is 0 Å². The first kappa shape index (κ1) is 16.6. The number of furan rings is 1. The molecule has 23 heavy (non-hydrogen) atoms. The van der Waals surface area contributed by atoms with Crippen molar-refractivity contribution >= 4 is 5.91 Å². The van der Waals surface area contributed by atoms with Crippen LogP contribution in [0.1, 0.15) is 63.0 Å². The summed E-state index contributed by atoms with van der Waals surface area (Å²) in [6.45, 7) is 7.64. The number of carbonyl (C=O) groups excluding carboxylic acids is 1. The summed E-state index contributed by atoms with van der Waals surface area (Å²) in [5, 5.41) is 0.